The van der Waals surface area contributed by atoms with Gasteiger partial charge in [-0.25, -0.2) is 0 Å². The van der Waals surface area contributed by atoms with Crippen LogP contribution in [-0.2, 0) is 13.5 Å². The lowest BCUT2D eigenvalue weighted by molar-refractivity contribution is 0.440. The summed E-state index contributed by atoms with van der Waals surface area (Å²) >= 11 is 0. The minimum atomic E-state index is 0.316. The van der Waals surface area contributed by atoms with Crippen molar-refractivity contribution in [3.63, 3.8) is 0 Å². The van der Waals surface area contributed by atoms with Crippen LogP contribution in [0.25, 0.3) is 0 Å². The summed E-state index contributed by atoms with van der Waals surface area (Å²) in [6, 6.07) is 10.9. The standard InChI is InChI=1S/C14H21N5/c1-4-12(11-8-6-5-7-9-11)13(15-2)10-14-16-18-19(3)17-14/h5-9,12-13,15H,4,10H2,1-3H3. The molecule has 2 atom stereocenters. The topological polar surface area (TPSA) is 55.6 Å². The monoisotopic (exact) mass is 259 g/mol. The van der Waals surface area contributed by atoms with Crippen LogP contribution in [0.3, 0.4) is 0 Å². The smallest absolute Gasteiger partial charge is 0.176 e. The van der Waals surface area contributed by atoms with Crippen LogP contribution in [0, 0.1) is 0 Å². The lowest BCUT2D eigenvalue weighted by Gasteiger charge is -2.25. The summed E-state index contributed by atoms with van der Waals surface area (Å²) in [6.45, 7) is 2.21. The Morgan fingerprint density at radius 1 is 1.26 bits per heavy atom. The van der Waals surface area contributed by atoms with Gasteiger partial charge in [-0.15, -0.1) is 10.2 Å². The molecule has 2 aromatic rings. The molecule has 0 fully saturated rings. The van der Waals surface area contributed by atoms with Gasteiger partial charge in [0.2, 0.25) is 0 Å². The summed E-state index contributed by atoms with van der Waals surface area (Å²) in [5.41, 5.74) is 1.35. The first-order valence-corrected chi connectivity index (χ1v) is 6.69. The summed E-state index contributed by atoms with van der Waals surface area (Å²) in [4.78, 5) is 1.51. The number of aromatic nitrogens is 4. The van der Waals surface area contributed by atoms with Gasteiger partial charge in [-0.1, -0.05) is 37.3 Å². The van der Waals surface area contributed by atoms with Crippen LogP contribution in [0.2, 0.25) is 0 Å². The fraction of sp³-hybridized carbons (Fsp3) is 0.500. The highest BCUT2D eigenvalue weighted by molar-refractivity contribution is 5.21. The van der Waals surface area contributed by atoms with E-state index in [1.807, 2.05) is 7.05 Å². The van der Waals surface area contributed by atoms with Crippen molar-refractivity contribution in [3.05, 3.63) is 41.7 Å². The number of hydrogen-bond acceptors (Lipinski definition) is 4. The molecule has 0 radical (unpaired) electrons. The third-order valence-electron chi connectivity index (χ3n) is 3.48. The number of hydrogen-bond donors (Lipinski definition) is 1. The van der Waals surface area contributed by atoms with E-state index >= 15 is 0 Å². The van der Waals surface area contributed by atoms with Crippen molar-refractivity contribution in [1.29, 1.82) is 0 Å². The normalized spacial score (nSPS) is 14.3. The molecule has 0 spiro atoms. The maximum Gasteiger partial charge on any atom is 0.176 e. The lowest BCUT2D eigenvalue weighted by Crippen LogP contribution is -2.34. The van der Waals surface area contributed by atoms with Crippen molar-refractivity contribution >= 4 is 0 Å². The van der Waals surface area contributed by atoms with E-state index in [4.69, 9.17) is 0 Å². The van der Waals surface area contributed by atoms with Gasteiger partial charge in [-0.2, -0.15) is 4.80 Å². The molecule has 0 aliphatic carbocycles. The number of benzene rings is 1. The van der Waals surface area contributed by atoms with E-state index in [0.29, 0.717) is 12.0 Å². The van der Waals surface area contributed by atoms with Crippen molar-refractivity contribution < 1.29 is 0 Å². The zero-order valence-electron chi connectivity index (χ0n) is 11.7. The molecule has 0 saturated heterocycles. The largest absolute Gasteiger partial charge is 0.316 e. The van der Waals surface area contributed by atoms with Gasteiger partial charge in [-0.05, 0) is 30.2 Å². The molecule has 102 valence electrons. The molecule has 5 heteroatoms. The maximum atomic E-state index is 4.26. The highest BCUT2D eigenvalue weighted by Gasteiger charge is 2.22. The summed E-state index contributed by atoms with van der Waals surface area (Å²) in [5.74, 6) is 1.24. The predicted octanol–water partition coefficient (Wildman–Crippen LogP) is 1.53. The van der Waals surface area contributed by atoms with Crippen LogP contribution in [-0.4, -0.2) is 33.3 Å². The second-order valence-corrected chi connectivity index (χ2v) is 4.72. The van der Waals surface area contributed by atoms with Crippen LogP contribution < -0.4 is 5.32 Å². The van der Waals surface area contributed by atoms with E-state index in [-0.39, 0.29) is 0 Å². The van der Waals surface area contributed by atoms with Crippen molar-refractivity contribution in [1.82, 2.24) is 25.5 Å². The summed E-state index contributed by atoms with van der Waals surface area (Å²) < 4.78 is 0. The second kappa shape index (κ2) is 6.43. The number of nitrogens with one attached hydrogen (secondary N) is 1. The summed E-state index contributed by atoms with van der Waals surface area (Å²) in [7, 11) is 3.78. The Balaban J connectivity index is 2.15. The van der Waals surface area contributed by atoms with E-state index in [9.17, 15) is 0 Å². The van der Waals surface area contributed by atoms with Gasteiger partial charge < -0.3 is 5.32 Å². The summed E-state index contributed by atoms with van der Waals surface area (Å²) in [6.07, 6.45) is 1.87. The zero-order chi connectivity index (χ0) is 13.7. The van der Waals surface area contributed by atoms with Gasteiger partial charge >= 0.3 is 0 Å². The van der Waals surface area contributed by atoms with Gasteiger partial charge in [-0.3, -0.25) is 0 Å². The molecule has 1 heterocycles. The van der Waals surface area contributed by atoms with Crippen LogP contribution in [0.15, 0.2) is 30.3 Å². The predicted molar refractivity (Wildman–Crippen MR) is 74.8 cm³/mol. The van der Waals surface area contributed by atoms with Gasteiger partial charge in [0, 0.05) is 12.5 Å². The molecular weight excluding hydrogens is 238 g/mol. The number of likely N-dealkylation sites (N-methyl/N-ethyl adjacent to an activating group) is 1. The third-order valence-corrected chi connectivity index (χ3v) is 3.48. The zero-order valence-corrected chi connectivity index (χ0v) is 11.7. The van der Waals surface area contributed by atoms with Crippen LogP contribution >= 0.6 is 0 Å². The lowest BCUT2D eigenvalue weighted by atomic mass is 9.87. The highest BCUT2D eigenvalue weighted by atomic mass is 15.6. The van der Waals surface area contributed by atoms with Crippen LogP contribution in [0.1, 0.15) is 30.7 Å². The quantitative estimate of drug-likeness (QED) is 0.855. The fourth-order valence-corrected chi connectivity index (χ4v) is 2.50. The minimum Gasteiger partial charge on any atom is -0.316 e. The van der Waals surface area contributed by atoms with Crippen molar-refractivity contribution in [2.75, 3.05) is 7.05 Å². The first kappa shape index (κ1) is 13.7. The molecule has 1 aromatic heterocycles. The van der Waals surface area contributed by atoms with E-state index in [1.165, 1.54) is 10.4 Å². The molecule has 5 nitrogen and oxygen atoms in total. The molecular formula is C14H21N5. The molecule has 2 unspecified atom stereocenters. The molecule has 2 rings (SSSR count). The Hall–Kier alpha value is -1.75. The fourth-order valence-electron chi connectivity index (χ4n) is 2.50. The number of aryl methyl sites for hydroxylation is 1. The Morgan fingerprint density at radius 2 is 2.00 bits per heavy atom. The Labute approximate surface area is 114 Å². The molecule has 19 heavy (non-hydrogen) atoms. The van der Waals surface area contributed by atoms with Gasteiger partial charge in [0.1, 0.15) is 0 Å². The number of tetrazole rings is 1. The van der Waals surface area contributed by atoms with Crippen LogP contribution in [0.4, 0.5) is 0 Å². The molecule has 0 aliphatic rings. The first-order chi connectivity index (χ1) is 9.24. The van der Waals surface area contributed by atoms with Gasteiger partial charge in [0.15, 0.2) is 5.82 Å². The second-order valence-electron chi connectivity index (χ2n) is 4.72. The molecule has 1 N–H and O–H groups in total. The molecule has 0 saturated carbocycles. The molecule has 1 aromatic carbocycles. The molecule has 0 bridgehead atoms. The first-order valence-electron chi connectivity index (χ1n) is 6.69. The van der Waals surface area contributed by atoms with E-state index < -0.39 is 0 Å². The Bertz CT molecular complexity index is 494. The van der Waals surface area contributed by atoms with Crippen LogP contribution in [0.5, 0.6) is 0 Å². The maximum absolute atomic E-state index is 4.26. The highest BCUT2D eigenvalue weighted by Crippen LogP contribution is 2.24. The molecule has 0 amide bonds. The average Bonchev–Trinajstić information content (AvgIpc) is 2.85. The SMILES string of the molecule is CCC(c1ccccc1)C(Cc1nnn(C)n1)NC. The third kappa shape index (κ3) is 3.38. The Morgan fingerprint density at radius 3 is 2.53 bits per heavy atom. The molecule has 0 aliphatic heterocycles. The number of rotatable bonds is 6. The number of nitrogens with zero attached hydrogens (tertiary/aromatic N) is 4. The van der Waals surface area contributed by atoms with Crippen molar-refractivity contribution in [2.45, 2.75) is 31.7 Å². The van der Waals surface area contributed by atoms with E-state index in [0.717, 1.165) is 18.7 Å². The summed E-state index contributed by atoms with van der Waals surface area (Å²) in [5, 5.41) is 15.6. The minimum absolute atomic E-state index is 0.316. The van der Waals surface area contributed by atoms with E-state index in [2.05, 4.69) is 58.0 Å². The van der Waals surface area contributed by atoms with Crippen molar-refractivity contribution in [2.24, 2.45) is 7.05 Å². The van der Waals surface area contributed by atoms with Crippen molar-refractivity contribution in [3.8, 4) is 0 Å². The van der Waals surface area contributed by atoms with Gasteiger partial charge in [0.05, 0.1) is 7.05 Å². The average molecular weight is 259 g/mol. The van der Waals surface area contributed by atoms with Gasteiger partial charge in [0.25, 0.3) is 0 Å². The Kier molecular flexibility index (Phi) is 4.63. The van der Waals surface area contributed by atoms with E-state index in [1.54, 1.807) is 7.05 Å².